The molecule has 1 aromatic rings. The van der Waals surface area contributed by atoms with Gasteiger partial charge in [0.2, 0.25) is 0 Å². The van der Waals surface area contributed by atoms with Crippen molar-refractivity contribution in [2.45, 2.75) is 38.9 Å². The summed E-state index contributed by atoms with van der Waals surface area (Å²) >= 11 is 12.0. The van der Waals surface area contributed by atoms with E-state index < -0.39 is 0 Å². The maximum Gasteiger partial charge on any atom is 0.260 e. The summed E-state index contributed by atoms with van der Waals surface area (Å²) in [6.45, 7) is 8.95. The Morgan fingerprint density at radius 1 is 1.19 bits per heavy atom. The number of carbonyl (C=O) groups excluding carboxylic acids is 1. The lowest BCUT2D eigenvalue weighted by Gasteiger charge is -2.39. The first-order chi connectivity index (χ1) is 12.9. The normalized spacial score (nSPS) is 24.8. The fourth-order valence-electron chi connectivity index (χ4n) is 3.99. The van der Waals surface area contributed by atoms with Crippen LogP contribution in [0.25, 0.3) is 0 Å². The van der Waals surface area contributed by atoms with Crippen LogP contribution in [0.5, 0.6) is 5.75 Å². The molecule has 2 saturated heterocycles. The molecule has 1 amide bonds. The minimum atomic E-state index is 0.00448. The van der Waals surface area contributed by atoms with Gasteiger partial charge in [-0.15, -0.1) is 0 Å². The molecule has 0 spiro atoms. The molecule has 2 aliphatic rings. The van der Waals surface area contributed by atoms with E-state index in [0.29, 0.717) is 33.9 Å². The second-order valence-corrected chi connectivity index (χ2v) is 8.51. The standard InChI is InChI=1S/C20H28Cl2N2O3/c1-14-10-23(11-15(2)27-14)12-16-5-7-24(8-6-16)20(25)13-26-19-4-3-17(21)9-18(19)22/h3-4,9,14-16H,5-8,10-13H2,1-2H3. The molecular weight excluding hydrogens is 387 g/mol. The number of hydrogen-bond donors (Lipinski definition) is 0. The van der Waals surface area contributed by atoms with Crippen molar-refractivity contribution in [3.05, 3.63) is 28.2 Å². The van der Waals surface area contributed by atoms with Gasteiger partial charge < -0.3 is 14.4 Å². The highest BCUT2D eigenvalue weighted by Gasteiger charge is 2.28. The molecule has 0 saturated carbocycles. The van der Waals surface area contributed by atoms with Crippen molar-refractivity contribution in [1.29, 1.82) is 0 Å². The Bertz CT molecular complexity index is 640. The Kier molecular flexibility index (Phi) is 7.26. The summed E-state index contributed by atoms with van der Waals surface area (Å²) in [6, 6.07) is 5.00. The zero-order valence-electron chi connectivity index (χ0n) is 16.0. The number of amides is 1. The molecule has 0 radical (unpaired) electrons. The number of likely N-dealkylation sites (tertiary alicyclic amines) is 1. The second kappa shape index (κ2) is 9.46. The van der Waals surface area contributed by atoms with E-state index in [1.807, 2.05) is 4.90 Å². The molecule has 3 rings (SSSR count). The van der Waals surface area contributed by atoms with Gasteiger partial charge in [0.05, 0.1) is 17.2 Å². The minimum absolute atomic E-state index is 0.00448. The lowest BCUT2D eigenvalue weighted by Crippen LogP contribution is -2.49. The molecule has 2 heterocycles. The highest BCUT2D eigenvalue weighted by molar-refractivity contribution is 6.35. The number of rotatable bonds is 5. The first-order valence-corrected chi connectivity index (χ1v) is 10.4. The number of halogens is 2. The molecule has 7 heteroatoms. The third-order valence-corrected chi connectivity index (χ3v) is 5.75. The highest BCUT2D eigenvalue weighted by atomic mass is 35.5. The fourth-order valence-corrected chi connectivity index (χ4v) is 4.45. The summed E-state index contributed by atoms with van der Waals surface area (Å²) in [5.74, 6) is 1.13. The van der Waals surface area contributed by atoms with E-state index in [2.05, 4.69) is 18.7 Å². The third-order valence-electron chi connectivity index (χ3n) is 5.22. The molecule has 5 nitrogen and oxygen atoms in total. The Labute approximate surface area is 171 Å². The zero-order valence-corrected chi connectivity index (χ0v) is 17.5. The van der Waals surface area contributed by atoms with Crippen LogP contribution in [-0.2, 0) is 9.53 Å². The van der Waals surface area contributed by atoms with Crippen molar-refractivity contribution in [2.24, 2.45) is 5.92 Å². The van der Waals surface area contributed by atoms with Crippen LogP contribution in [0.1, 0.15) is 26.7 Å². The van der Waals surface area contributed by atoms with Crippen LogP contribution < -0.4 is 4.74 Å². The van der Waals surface area contributed by atoms with Crippen molar-refractivity contribution in [2.75, 3.05) is 39.3 Å². The van der Waals surface area contributed by atoms with Crippen LogP contribution in [0.3, 0.4) is 0 Å². The molecule has 150 valence electrons. The number of piperidine rings is 1. The van der Waals surface area contributed by atoms with E-state index in [1.54, 1.807) is 18.2 Å². The molecular formula is C20H28Cl2N2O3. The summed E-state index contributed by atoms with van der Waals surface area (Å²) in [7, 11) is 0. The van der Waals surface area contributed by atoms with E-state index in [1.165, 1.54) is 0 Å². The summed E-state index contributed by atoms with van der Waals surface area (Å²) in [5.41, 5.74) is 0. The molecule has 27 heavy (non-hydrogen) atoms. The van der Waals surface area contributed by atoms with E-state index in [0.717, 1.165) is 45.6 Å². The van der Waals surface area contributed by atoms with Crippen LogP contribution in [0, 0.1) is 5.92 Å². The van der Waals surface area contributed by atoms with Gasteiger partial charge in [0, 0.05) is 37.7 Å². The van der Waals surface area contributed by atoms with Gasteiger partial charge in [-0.05, 0) is 50.8 Å². The van der Waals surface area contributed by atoms with Crippen molar-refractivity contribution in [3.8, 4) is 5.75 Å². The minimum Gasteiger partial charge on any atom is -0.482 e. The van der Waals surface area contributed by atoms with Crippen LogP contribution in [0.4, 0.5) is 0 Å². The van der Waals surface area contributed by atoms with Gasteiger partial charge in [0.15, 0.2) is 6.61 Å². The fraction of sp³-hybridized carbons (Fsp3) is 0.650. The maximum absolute atomic E-state index is 12.4. The Morgan fingerprint density at radius 2 is 1.85 bits per heavy atom. The Morgan fingerprint density at radius 3 is 2.48 bits per heavy atom. The van der Waals surface area contributed by atoms with Crippen LogP contribution >= 0.6 is 23.2 Å². The first kappa shape index (κ1) is 20.7. The predicted octanol–water partition coefficient (Wildman–Crippen LogP) is 3.72. The monoisotopic (exact) mass is 414 g/mol. The number of benzene rings is 1. The first-order valence-electron chi connectivity index (χ1n) is 9.64. The molecule has 0 aromatic heterocycles. The number of morpholine rings is 1. The second-order valence-electron chi connectivity index (χ2n) is 7.66. The lowest BCUT2D eigenvalue weighted by molar-refractivity contribution is -0.135. The van der Waals surface area contributed by atoms with Gasteiger partial charge >= 0.3 is 0 Å². The van der Waals surface area contributed by atoms with Crippen molar-refractivity contribution < 1.29 is 14.3 Å². The highest BCUT2D eigenvalue weighted by Crippen LogP contribution is 2.27. The molecule has 2 atom stereocenters. The third kappa shape index (κ3) is 5.98. The van der Waals surface area contributed by atoms with E-state index in [-0.39, 0.29) is 12.5 Å². The molecule has 2 unspecified atom stereocenters. The quantitative estimate of drug-likeness (QED) is 0.735. The van der Waals surface area contributed by atoms with Gasteiger partial charge in [0.25, 0.3) is 5.91 Å². The predicted molar refractivity (Wildman–Crippen MR) is 108 cm³/mol. The van der Waals surface area contributed by atoms with Gasteiger partial charge in [-0.25, -0.2) is 0 Å². The van der Waals surface area contributed by atoms with Crippen LogP contribution in [0.15, 0.2) is 18.2 Å². The molecule has 0 bridgehead atoms. The summed E-state index contributed by atoms with van der Waals surface area (Å²) in [6.07, 6.45) is 2.67. The van der Waals surface area contributed by atoms with Crippen molar-refractivity contribution in [1.82, 2.24) is 9.80 Å². The average molecular weight is 415 g/mol. The van der Waals surface area contributed by atoms with Crippen LogP contribution in [0.2, 0.25) is 10.0 Å². The molecule has 2 aliphatic heterocycles. The largest absolute Gasteiger partial charge is 0.482 e. The Balaban J connectivity index is 1.41. The molecule has 1 aromatic carbocycles. The Hall–Kier alpha value is -1.01. The zero-order chi connectivity index (χ0) is 19.4. The number of ether oxygens (including phenoxy) is 2. The summed E-state index contributed by atoms with van der Waals surface area (Å²) in [4.78, 5) is 16.8. The SMILES string of the molecule is CC1CN(CC2CCN(C(=O)COc3ccc(Cl)cc3Cl)CC2)CC(C)O1. The van der Waals surface area contributed by atoms with Crippen molar-refractivity contribution >= 4 is 29.1 Å². The lowest BCUT2D eigenvalue weighted by atomic mass is 9.95. The summed E-state index contributed by atoms with van der Waals surface area (Å²) in [5, 5.41) is 0.966. The van der Waals surface area contributed by atoms with Gasteiger partial charge in [-0.1, -0.05) is 23.2 Å². The molecule has 0 N–H and O–H groups in total. The maximum atomic E-state index is 12.4. The average Bonchev–Trinajstić information content (AvgIpc) is 2.60. The smallest absolute Gasteiger partial charge is 0.260 e. The number of hydrogen-bond acceptors (Lipinski definition) is 4. The van der Waals surface area contributed by atoms with Gasteiger partial charge in [0.1, 0.15) is 5.75 Å². The van der Waals surface area contributed by atoms with Crippen molar-refractivity contribution in [3.63, 3.8) is 0 Å². The molecule has 2 fully saturated rings. The van der Waals surface area contributed by atoms with Gasteiger partial charge in [-0.3, -0.25) is 9.69 Å². The summed E-state index contributed by atoms with van der Waals surface area (Å²) < 4.78 is 11.4. The topological polar surface area (TPSA) is 42.0 Å². The molecule has 0 aliphatic carbocycles. The van der Waals surface area contributed by atoms with Gasteiger partial charge in [-0.2, -0.15) is 0 Å². The van der Waals surface area contributed by atoms with Crippen LogP contribution in [-0.4, -0.2) is 67.2 Å². The van der Waals surface area contributed by atoms with E-state index in [4.69, 9.17) is 32.7 Å². The van der Waals surface area contributed by atoms with E-state index >= 15 is 0 Å². The number of nitrogens with zero attached hydrogens (tertiary/aromatic N) is 2. The van der Waals surface area contributed by atoms with E-state index in [9.17, 15) is 4.79 Å². The number of carbonyl (C=O) groups is 1.